The second-order valence-electron chi connectivity index (χ2n) is 7.68. The molecule has 1 atom stereocenters. The molecule has 0 bridgehead atoms. The van der Waals surface area contributed by atoms with Crippen LogP contribution in [-0.2, 0) is 10.0 Å². The largest absolute Gasteiger partial charge is 0.331 e. The Hall–Kier alpha value is -4.25. The lowest BCUT2D eigenvalue weighted by Crippen LogP contribution is -2.34. The highest BCUT2D eigenvalue weighted by atomic mass is 32.2. The molecule has 1 aliphatic heterocycles. The molecule has 0 aliphatic carbocycles. The third-order valence-corrected chi connectivity index (χ3v) is 7.19. The molecule has 1 heterocycles. The molecule has 174 valence electrons. The minimum Gasteiger partial charge on any atom is -0.328 e. The van der Waals surface area contributed by atoms with Gasteiger partial charge in [0, 0.05) is 23.4 Å². The molecule has 11 heteroatoms. The third-order valence-electron chi connectivity index (χ3n) is 5.45. The number of rotatable bonds is 6. The van der Waals surface area contributed by atoms with E-state index in [4.69, 9.17) is 0 Å². The number of benzene rings is 3. The van der Waals surface area contributed by atoms with E-state index in [1.165, 1.54) is 42.5 Å². The highest BCUT2D eigenvalue weighted by molar-refractivity contribution is 7.89. The van der Waals surface area contributed by atoms with Crippen LogP contribution in [0.5, 0.6) is 0 Å². The van der Waals surface area contributed by atoms with Gasteiger partial charge in [0.15, 0.2) is 0 Å². The Morgan fingerprint density at radius 3 is 2.38 bits per heavy atom. The van der Waals surface area contributed by atoms with E-state index < -0.39 is 32.9 Å². The fourth-order valence-corrected chi connectivity index (χ4v) is 5.03. The Morgan fingerprint density at radius 1 is 1.09 bits per heavy atom. The van der Waals surface area contributed by atoms with Crippen molar-refractivity contribution in [1.82, 2.24) is 9.62 Å². The summed E-state index contributed by atoms with van der Waals surface area (Å²) in [5.74, 6) is -0.502. The number of nitro benzene ring substituents is 1. The van der Waals surface area contributed by atoms with E-state index in [1.807, 2.05) is 30.3 Å². The molecule has 34 heavy (non-hydrogen) atoms. The number of amides is 3. The zero-order valence-corrected chi connectivity index (χ0v) is 18.8. The number of nitrogens with one attached hydrogen (secondary N) is 2. The Balaban J connectivity index is 1.51. The van der Waals surface area contributed by atoms with Crippen molar-refractivity contribution >= 4 is 33.3 Å². The summed E-state index contributed by atoms with van der Waals surface area (Å²) in [6.07, 6.45) is 0. The molecule has 3 aromatic carbocycles. The van der Waals surface area contributed by atoms with E-state index >= 15 is 0 Å². The zero-order valence-electron chi connectivity index (χ0n) is 18.0. The molecular weight excluding hydrogens is 460 g/mol. The molecule has 2 N–H and O–H groups in total. The van der Waals surface area contributed by atoms with Gasteiger partial charge in [0.1, 0.15) is 0 Å². The van der Waals surface area contributed by atoms with Crippen molar-refractivity contribution < 1.29 is 22.9 Å². The smallest absolute Gasteiger partial charge is 0.328 e. The Labute approximate surface area is 195 Å². The summed E-state index contributed by atoms with van der Waals surface area (Å²) < 4.78 is 27.1. The predicted molar refractivity (Wildman–Crippen MR) is 124 cm³/mol. The normalized spacial score (nSPS) is 15.6. The lowest BCUT2D eigenvalue weighted by molar-refractivity contribution is -0.384. The van der Waals surface area contributed by atoms with E-state index in [0.717, 1.165) is 9.87 Å². The van der Waals surface area contributed by atoms with Gasteiger partial charge in [-0.3, -0.25) is 14.9 Å². The highest BCUT2D eigenvalue weighted by Crippen LogP contribution is 2.28. The van der Waals surface area contributed by atoms with Crippen LogP contribution in [0.4, 0.5) is 16.2 Å². The summed E-state index contributed by atoms with van der Waals surface area (Å²) in [7, 11) is -4.12. The number of aryl methyl sites for hydroxylation is 1. The minimum atomic E-state index is -4.12. The molecule has 0 aromatic heterocycles. The van der Waals surface area contributed by atoms with E-state index in [9.17, 15) is 28.1 Å². The van der Waals surface area contributed by atoms with Gasteiger partial charge in [-0.25, -0.2) is 17.5 Å². The lowest BCUT2D eigenvalue weighted by atomic mass is 10.1. The van der Waals surface area contributed by atoms with Crippen molar-refractivity contribution in [2.45, 2.75) is 17.9 Å². The maximum absolute atomic E-state index is 13.1. The molecule has 1 aliphatic rings. The van der Waals surface area contributed by atoms with Crippen LogP contribution in [0.3, 0.4) is 0 Å². The van der Waals surface area contributed by atoms with Gasteiger partial charge in [-0.15, -0.1) is 0 Å². The fourth-order valence-electron chi connectivity index (χ4n) is 3.59. The Morgan fingerprint density at radius 2 is 1.76 bits per heavy atom. The molecule has 3 amide bonds. The Kier molecular flexibility index (Phi) is 6.03. The number of hydrogen-bond donors (Lipinski definition) is 2. The van der Waals surface area contributed by atoms with Crippen molar-refractivity contribution in [3.63, 3.8) is 0 Å². The summed E-state index contributed by atoms with van der Waals surface area (Å²) >= 11 is 0. The summed E-state index contributed by atoms with van der Waals surface area (Å²) in [5, 5.41) is 16.1. The van der Waals surface area contributed by atoms with Gasteiger partial charge in [0.25, 0.3) is 21.6 Å². The average Bonchev–Trinajstić information content (AvgIpc) is 3.23. The molecule has 1 fully saturated rings. The first kappa shape index (κ1) is 22.9. The van der Waals surface area contributed by atoms with E-state index in [1.54, 1.807) is 6.92 Å². The summed E-state index contributed by atoms with van der Waals surface area (Å²) in [4.78, 5) is 35.0. The first-order valence-electron chi connectivity index (χ1n) is 10.2. The van der Waals surface area contributed by atoms with Gasteiger partial charge in [-0.1, -0.05) is 30.3 Å². The highest BCUT2D eigenvalue weighted by Gasteiger charge is 2.38. The van der Waals surface area contributed by atoms with Crippen LogP contribution >= 0.6 is 0 Å². The van der Waals surface area contributed by atoms with E-state index in [0.29, 0.717) is 11.3 Å². The van der Waals surface area contributed by atoms with E-state index in [-0.39, 0.29) is 22.7 Å². The molecule has 0 unspecified atom stereocenters. The second kappa shape index (κ2) is 8.94. The average molecular weight is 481 g/mol. The van der Waals surface area contributed by atoms with Crippen molar-refractivity contribution in [3.05, 3.63) is 99.6 Å². The van der Waals surface area contributed by atoms with Crippen molar-refractivity contribution in [2.75, 3.05) is 11.9 Å². The maximum atomic E-state index is 13.1. The summed E-state index contributed by atoms with van der Waals surface area (Å²) in [6, 6.07) is 17.2. The number of nitrogens with zero attached hydrogens (tertiary/aromatic N) is 2. The zero-order chi connectivity index (χ0) is 24.5. The van der Waals surface area contributed by atoms with Gasteiger partial charge >= 0.3 is 6.03 Å². The van der Waals surface area contributed by atoms with Crippen LogP contribution in [-0.4, -0.2) is 36.1 Å². The number of hydrogen-bond acceptors (Lipinski definition) is 6. The molecule has 0 radical (unpaired) electrons. The first-order valence-corrected chi connectivity index (χ1v) is 11.7. The van der Waals surface area contributed by atoms with Crippen LogP contribution < -0.4 is 10.6 Å². The standard InChI is InChI=1S/C23H20N4O6S/c1-15-13-19(11-12-20(15)24-22(28)17-7-9-18(10-8-17)27(30)31)34(32,33)26-14-21(25-23(26)29)16-5-3-2-4-6-16/h2-13,21H,14H2,1H3,(H,24,28)(H,25,29)/t21-/m1/s1. The third kappa shape index (κ3) is 4.46. The summed E-state index contributed by atoms with van der Waals surface area (Å²) in [5.41, 5.74) is 1.71. The number of carbonyl (C=O) groups excluding carboxylic acids is 2. The van der Waals surface area contributed by atoms with Crippen LogP contribution in [0.25, 0.3) is 0 Å². The lowest BCUT2D eigenvalue weighted by Gasteiger charge is -2.17. The molecule has 0 saturated carbocycles. The number of sulfonamides is 1. The monoisotopic (exact) mass is 480 g/mol. The van der Waals surface area contributed by atoms with Gasteiger partial charge < -0.3 is 10.6 Å². The molecule has 4 rings (SSSR count). The van der Waals surface area contributed by atoms with Gasteiger partial charge in [0.2, 0.25) is 0 Å². The van der Waals surface area contributed by atoms with Crippen LogP contribution in [0.1, 0.15) is 27.5 Å². The molecule has 10 nitrogen and oxygen atoms in total. The van der Waals surface area contributed by atoms with Gasteiger partial charge in [0.05, 0.1) is 22.4 Å². The molecule has 1 saturated heterocycles. The number of anilines is 1. The predicted octanol–water partition coefficient (Wildman–Crippen LogP) is 3.61. The number of urea groups is 1. The fraction of sp³-hybridized carbons (Fsp3) is 0.130. The van der Waals surface area contributed by atoms with Crippen molar-refractivity contribution in [1.29, 1.82) is 0 Å². The maximum Gasteiger partial charge on any atom is 0.331 e. The Bertz CT molecular complexity index is 1370. The molecule has 0 spiro atoms. The summed E-state index contributed by atoms with van der Waals surface area (Å²) in [6.45, 7) is 1.59. The van der Waals surface area contributed by atoms with Crippen molar-refractivity contribution in [2.24, 2.45) is 0 Å². The van der Waals surface area contributed by atoms with Gasteiger partial charge in [-0.2, -0.15) is 0 Å². The topological polar surface area (TPSA) is 139 Å². The molecule has 3 aromatic rings. The quantitative estimate of drug-likeness (QED) is 0.408. The van der Waals surface area contributed by atoms with Crippen molar-refractivity contribution in [3.8, 4) is 0 Å². The SMILES string of the molecule is Cc1cc(S(=O)(=O)N2C[C@H](c3ccccc3)NC2=O)ccc1NC(=O)c1ccc([N+](=O)[O-])cc1. The minimum absolute atomic E-state index is 0.0388. The van der Waals surface area contributed by atoms with Crippen LogP contribution in [0.15, 0.2) is 77.7 Å². The number of carbonyl (C=O) groups is 2. The first-order chi connectivity index (χ1) is 16.2. The molecular formula is C23H20N4O6S. The number of nitro groups is 1. The van der Waals surface area contributed by atoms with Crippen LogP contribution in [0, 0.1) is 17.0 Å². The van der Waals surface area contributed by atoms with E-state index in [2.05, 4.69) is 10.6 Å². The van der Waals surface area contributed by atoms with Crippen LogP contribution in [0.2, 0.25) is 0 Å². The second-order valence-corrected chi connectivity index (χ2v) is 9.55. The van der Waals surface area contributed by atoms with Gasteiger partial charge in [-0.05, 0) is 48.4 Å². The number of non-ortho nitro benzene ring substituents is 1.